The van der Waals surface area contributed by atoms with Gasteiger partial charge in [0, 0.05) is 0 Å². The molecule has 1 heterocycles. The molecule has 1 aromatic heterocycles. The summed E-state index contributed by atoms with van der Waals surface area (Å²) in [6.07, 6.45) is 0. The molecule has 3 heteroatoms. The van der Waals surface area contributed by atoms with E-state index in [1.54, 1.807) is 0 Å². The molecule has 3 rings (SSSR count). The van der Waals surface area contributed by atoms with Crippen molar-refractivity contribution in [3.8, 4) is 0 Å². The summed E-state index contributed by atoms with van der Waals surface area (Å²) < 4.78 is 2.12. The maximum atomic E-state index is 9.49. The SMILES string of the molecule is Cc1ccc(C[n+]2c(CO)[nH]c3ccccc32)cc1. The molecule has 2 aromatic carbocycles. The predicted octanol–water partition coefficient (Wildman–Crippen LogP) is 2.30. The van der Waals surface area contributed by atoms with Gasteiger partial charge >= 0.3 is 0 Å². The minimum Gasteiger partial charge on any atom is -0.384 e. The molecule has 0 amide bonds. The normalized spacial score (nSPS) is 11.1. The summed E-state index contributed by atoms with van der Waals surface area (Å²) in [7, 11) is 0. The summed E-state index contributed by atoms with van der Waals surface area (Å²) in [5.41, 5.74) is 4.66. The number of H-pyrrole nitrogens is 1. The van der Waals surface area contributed by atoms with Crippen molar-refractivity contribution in [2.45, 2.75) is 20.1 Å². The van der Waals surface area contributed by atoms with E-state index in [9.17, 15) is 5.11 Å². The maximum absolute atomic E-state index is 9.49. The molecule has 0 aliphatic heterocycles. The smallest absolute Gasteiger partial charge is 0.281 e. The Morgan fingerprint density at radius 2 is 1.79 bits per heavy atom. The van der Waals surface area contributed by atoms with E-state index in [0.717, 1.165) is 23.4 Å². The minimum absolute atomic E-state index is 0.0144. The van der Waals surface area contributed by atoms with Gasteiger partial charge in [-0.15, -0.1) is 0 Å². The monoisotopic (exact) mass is 253 g/mol. The van der Waals surface area contributed by atoms with Crippen LogP contribution in [0.2, 0.25) is 0 Å². The number of hydrogen-bond acceptors (Lipinski definition) is 1. The Morgan fingerprint density at radius 1 is 1.05 bits per heavy atom. The molecule has 0 aliphatic rings. The summed E-state index contributed by atoms with van der Waals surface area (Å²) in [6.45, 7) is 2.86. The largest absolute Gasteiger partial charge is 0.384 e. The third-order valence-corrected chi connectivity index (χ3v) is 3.41. The number of aliphatic hydroxyl groups excluding tert-OH is 1. The van der Waals surface area contributed by atoms with Crippen molar-refractivity contribution >= 4 is 11.0 Å². The fraction of sp³-hybridized carbons (Fsp3) is 0.188. The number of nitrogens with zero attached hydrogens (tertiary/aromatic N) is 1. The number of aromatic nitrogens is 2. The molecular weight excluding hydrogens is 236 g/mol. The molecule has 19 heavy (non-hydrogen) atoms. The lowest BCUT2D eigenvalue weighted by atomic mass is 10.1. The van der Waals surface area contributed by atoms with Crippen LogP contribution in [0.1, 0.15) is 17.0 Å². The van der Waals surface area contributed by atoms with Gasteiger partial charge in [-0.05, 0) is 24.6 Å². The van der Waals surface area contributed by atoms with Gasteiger partial charge in [-0.1, -0.05) is 42.0 Å². The fourth-order valence-electron chi connectivity index (χ4n) is 2.36. The van der Waals surface area contributed by atoms with Crippen LogP contribution < -0.4 is 4.57 Å². The molecule has 0 atom stereocenters. The van der Waals surface area contributed by atoms with Crippen LogP contribution in [0.3, 0.4) is 0 Å². The van der Waals surface area contributed by atoms with Crippen molar-refractivity contribution in [1.82, 2.24) is 4.98 Å². The van der Waals surface area contributed by atoms with Crippen LogP contribution in [0.15, 0.2) is 48.5 Å². The minimum atomic E-state index is 0.0144. The average molecular weight is 253 g/mol. The zero-order valence-electron chi connectivity index (χ0n) is 10.9. The van der Waals surface area contributed by atoms with E-state index in [-0.39, 0.29) is 6.61 Å². The van der Waals surface area contributed by atoms with Gasteiger partial charge < -0.3 is 5.11 Å². The quantitative estimate of drug-likeness (QED) is 0.691. The highest BCUT2D eigenvalue weighted by molar-refractivity contribution is 5.71. The van der Waals surface area contributed by atoms with Gasteiger partial charge in [0.2, 0.25) is 0 Å². The van der Waals surface area contributed by atoms with E-state index < -0.39 is 0 Å². The number of aliphatic hydroxyl groups is 1. The van der Waals surface area contributed by atoms with Crippen LogP contribution in [-0.2, 0) is 13.2 Å². The zero-order valence-corrected chi connectivity index (χ0v) is 10.9. The molecule has 3 nitrogen and oxygen atoms in total. The second kappa shape index (κ2) is 4.86. The molecule has 0 saturated carbocycles. The number of rotatable bonds is 3. The Bertz CT molecular complexity index is 698. The number of fused-ring (bicyclic) bond motifs is 1. The van der Waals surface area contributed by atoms with Crippen LogP contribution in [-0.4, -0.2) is 10.1 Å². The Hall–Kier alpha value is -2.13. The molecule has 3 aromatic rings. The van der Waals surface area contributed by atoms with E-state index >= 15 is 0 Å². The van der Waals surface area contributed by atoms with Crippen LogP contribution in [0.25, 0.3) is 11.0 Å². The van der Waals surface area contributed by atoms with Gasteiger partial charge in [-0.25, -0.2) is 9.55 Å². The highest BCUT2D eigenvalue weighted by Gasteiger charge is 2.17. The van der Waals surface area contributed by atoms with E-state index in [4.69, 9.17) is 0 Å². The third kappa shape index (κ3) is 2.25. The van der Waals surface area contributed by atoms with Crippen molar-refractivity contribution in [2.24, 2.45) is 0 Å². The molecule has 96 valence electrons. The zero-order chi connectivity index (χ0) is 13.2. The first-order valence-electron chi connectivity index (χ1n) is 6.44. The fourth-order valence-corrected chi connectivity index (χ4v) is 2.36. The van der Waals surface area contributed by atoms with E-state index in [2.05, 4.69) is 46.8 Å². The van der Waals surface area contributed by atoms with Crippen LogP contribution in [0.4, 0.5) is 0 Å². The van der Waals surface area contributed by atoms with Crippen molar-refractivity contribution < 1.29 is 9.67 Å². The summed E-state index contributed by atoms with van der Waals surface area (Å²) in [6, 6.07) is 16.6. The molecule has 0 radical (unpaired) electrons. The number of para-hydroxylation sites is 2. The summed E-state index contributed by atoms with van der Waals surface area (Å²) in [4.78, 5) is 3.26. The predicted molar refractivity (Wildman–Crippen MR) is 74.7 cm³/mol. The number of hydrogen-bond donors (Lipinski definition) is 2. The topological polar surface area (TPSA) is 39.9 Å². The Labute approximate surface area is 112 Å². The lowest BCUT2D eigenvalue weighted by molar-refractivity contribution is -0.672. The summed E-state index contributed by atoms with van der Waals surface area (Å²) in [5, 5.41) is 9.49. The first-order chi connectivity index (χ1) is 9.28. The number of imidazole rings is 1. The number of aromatic amines is 1. The van der Waals surface area contributed by atoms with E-state index in [1.165, 1.54) is 11.1 Å². The second-order valence-electron chi connectivity index (χ2n) is 4.82. The highest BCUT2D eigenvalue weighted by Crippen LogP contribution is 2.11. The number of benzene rings is 2. The van der Waals surface area contributed by atoms with Crippen LogP contribution >= 0.6 is 0 Å². The van der Waals surface area contributed by atoms with Crippen molar-refractivity contribution in [2.75, 3.05) is 0 Å². The Balaban J connectivity index is 2.06. The molecule has 0 spiro atoms. The van der Waals surface area contributed by atoms with Gasteiger partial charge in [-0.2, -0.15) is 0 Å². The summed E-state index contributed by atoms with van der Waals surface area (Å²) >= 11 is 0. The van der Waals surface area contributed by atoms with Gasteiger partial charge in [-0.3, -0.25) is 0 Å². The maximum Gasteiger partial charge on any atom is 0.281 e. The highest BCUT2D eigenvalue weighted by atomic mass is 16.3. The number of nitrogens with one attached hydrogen (secondary N) is 1. The molecule has 0 fully saturated rings. The first kappa shape index (κ1) is 11.9. The van der Waals surface area contributed by atoms with Gasteiger partial charge in [0.15, 0.2) is 11.0 Å². The van der Waals surface area contributed by atoms with Gasteiger partial charge in [0.05, 0.1) is 0 Å². The van der Waals surface area contributed by atoms with Gasteiger partial charge in [0.1, 0.15) is 13.2 Å². The van der Waals surface area contributed by atoms with Crippen molar-refractivity contribution in [1.29, 1.82) is 0 Å². The van der Waals surface area contributed by atoms with Gasteiger partial charge in [0.25, 0.3) is 5.82 Å². The third-order valence-electron chi connectivity index (χ3n) is 3.41. The average Bonchev–Trinajstić information content (AvgIpc) is 2.79. The molecule has 2 N–H and O–H groups in total. The van der Waals surface area contributed by atoms with Crippen molar-refractivity contribution in [3.05, 3.63) is 65.5 Å². The molecular formula is C16H17N2O+. The lowest BCUT2D eigenvalue weighted by Gasteiger charge is -2.02. The Kier molecular flexibility index (Phi) is 3.05. The van der Waals surface area contributed by atoms with Crippen molar-refractivity contribution in [3.63, 3.8) is 0 Å². The van der Waals surface area contributed by atoms with E-state index in [0.29, 0.717) is 0 Å². The number of aryl methyl sites for hydroxylation is 1. The van der Waals surface area contributed by atoms with Crippen LogP contribution in [0.5, 0.6) is 0 Å². The second-order valence-corrected chi connectivity index (χ2v) is 4.82. The van der Waals surface area contributed by atoms with Crippen LogP contribution in [0, 0.1) is 6.92 Å². The summed E-state index contributed by atoms with van der Waals surface area (Å²) in [5.74, 6) is 0.835. The Morgan fingerprint density at radius 3 is 2.53 bits per heavy atom. The molecule has 0 saturated heterocycles. The molecule has 0 bridgehead atoms. The lowest BCUT2D eigenvalue weighted by Crippen LogP contribution is -2.37. The standard InChI is InChI=1S/C16H16N2O/c1-12-6-8-13(9-7-12)10-18-15-5-3-2-4-14(15)17-16(18)11-19/h2-9,19H,10-11H2,1H3/p+1. The van der Waals surface area contributed by atoms with E-state index in [1.807, 2.05) is 18.2 Å². The molecule has 0 unspecified atom stereocenters. The first-order valence-corrected chi connectivity index (χ1v) is 6.44. The molecule has 0 aliphatic carbocycles.